The molecule has 2 N–H and O–H groups in total. The summed E-state index contributed by atoms with van der Waals surface area (Å²) >= 11 is 0. The zero-order chi connectivity index (χ0) is 18.9. The summed E-state index contributed by atoms with van der Waals surface area (Å²) in [5.74, 6) is 0.211. The van der Waals surface area contributed by atoms with E-state index in [1.54, 1.807) is 16.7 Å². The number of unbranched alkanes of at least 4 members (excludes halogenated alkanes) is 3. The first-order valence-electron chi connectivity index (χ1n) is 9.39. The van der Waals surface area contributed by atoms with Crippen molar-refractivity contribution in [2.24, 2.45) is 0 Å². The van der Waals surface area contributed by atoms with Crippen LogP contribution in [0.5, 0.6) is 11.8 Å². The summed E-state index contributed by atoms with van der Waals surface area (Å²) in [6, 6.07) is 6.52. The molecule has 1 aromatic heterocycles. The molecule has 1 aliphatic rings. The van der Waals surface area contributed by atoms with Gasteiger partial charge in [0.2, 0.25) is 0 Å². The number of nitrogens with zero attached hydrogens (tertiary/aromatic N) is 2. The van der Waals surface area contributed by atoms with Crippen LogP contribution in [-0.4, -0.2) is 19.7 Å². The first-order valence-corrected chi connectivity index (χ1v) is 9.39. The van der Waals surface area contributed by atoms with Crippen LogP contribution in [0.25, 0.3) is 0 Å². The predicted molar refractivity (Wildman–Crippen MR) is 99.8 cm³/mol. The van der Waals surface area contributed by atoms with Crippen LogP contribution < -0.4 is 0 Å². The second-order valence-corrected chi connectivity index (χ2v) is 7.07. The minimum absolute atomic E-state index is 0.0274. The highest BCUT2D eigenvalue weighted by Gasteiger charge is 2.59. The van der Waals surface area contributed by atoms with Crippen molar-refractivity contribution in [1.29, 1.82) is 0 Å². The summed E-state index contributed by atoms with van der Waals surface area (Å²) in [4.78, 5) is 10.7. The molecule has 0 saturated heterocycles. The van der Waals surface area contributed by atoms with Crippen molar-refractivity contribution >= 4 is 5.69 Å². The van der Waals surface area contributed by atoms with Gasteiger partial charge in [0.25, 0.3) is 5.69 Å². The van der Waals surface area contributed by atoms with E-state index >= 15 is 0 Å². The van der Waals surface area contributed by atoms with E-state index in [1.807, 2.05) is 13.0 Å². The Morgan fingerprint density at radius 2 is 1.77 bits per heavy atom. The second kappa shape index (κ2) is 7.02. The monoisotopic (exact) mass is 358 g/mol. The van der Waals surface area contributed by atoms with Gasteiger partial charge in [-0.05, 0) is 18.4 Å². The minimum Gasteiger partial charge on any atom is -0.494 e. The average molecular weight is 358 g/mol. The molecule has 3 rings (SSSR count). The van der Waals surface area contributed by atoms with Crippen LogP contribution >= 0.6 is 0 Å². The number of nitro benzene ring substituents is 1. The average Bonchev–Trinajstić information content (AvgIpc) is 3.23. The fraction of sp³-hybridized carbons (Fsp3) is 0.500. The van der Waals surface area contributed by atoms with Gasteiger partial charge in [0.05, 0.1) is 10.3 Å². The van der Waals surface area contributed by atoms with Crippen LogP contribution in [0, 0.1) is 10.1 Å². The summed E-state index contributed by atoms with van der Waals surface area (Å²) in [5, 5.41) is 32.5. The van der Waals surface area contributed by atoms with Crippen molar-refractivity contribution in [1.82, 2.24) is 4.57 Å². The number of nitro groups is 1. The normalized spacial score (nSPS) is 14.2. The Kier molecular flexibility index (Phi) is 4.94. The molecule has 140 valence electrons. The van der Waals surface area contributed by atoms with Gasteiger partial charge in [-0.15, -0.1) is 0 Å². The van der Waals surface area contributed by atoms with Crippen LogP contribution in [0.3, 0.4) is 0 Å². The fourth-order valence-electron chi connectivity index (χ4n) is 4.15. The molecule has 2 aromatic rings. The van der Waals surface area contributed by atoms with Gasteiger partial charge in [0.15, 0.2) is 11.8 Å². The Morgan fingerprint density at radius 1 is 1.08 bits per heavy atom. The van der Waals surface area contributed by atoms with E-state index in [2.05, 4.69) is 6.92 Å². The van der Waals surface area contributed by atoms with Crippen molar-refractivity contribution in [3.8, 4) is 11.8 Å². The molecule has 1 aliphatic carbocycles. The molecule has 6 heteroatoms. The van der Waals surface area contributed by atoms with E-state index in [-0.39, 0.29) is 17.4 Å². The van der Waals surface area contributed by atoms with Gasteiger partial charge >= 0.3 is 0 Å². The van der Waals surface area contributed by atoms with Crippen LogP contribution in [0.2, 0.25) is 0 Å². The fourth-order valence-corrected chi connectivity index (χ4v) is 4.15. The number of hydrogen-bond donors (Lipinski definition) is 2. The summed E-state index contributed by atoms with van der Waals surface area (Å²) in [5.41, 5.74) is 1.66. The van der Waals surface area contributed by atoms with Crippen LogP contribution in [0.1, 0.15) is 69.1 Å². The lowest BCUT2D eigenvalue weighted by Crippen LogP contribution is -2.14. The molecule has 0 spiro atoms. The molecule has 26 heavy (non-hydrogen) atoms. The minimum atomic E-state index is -0.588. The van der Waals surface area contributed by atoms with Crippen molar-refractivity contribution in [3.05, 3.63) is 51.1 Å². The molecular formula is C20H26N2O4. The molecule has 0 aliphatic heterocycles. The highest BCUT2D eigenvalue weighted by molar-refractivity contribution is 5.76. The van der Waals surface area contributed by atoms with Gasteiger partial charge in [-0.25, -0.2) is 0 Å². The van der Waals surface area contributed by atoms with Gasteiger partial charge in [0, 0.05) is 29.8 Å². The smallest absolute Gasteiger partial charge is 0.269 e. The topological polar surface area (TPSA) is 88.5 Å². The third kappa shape index (κ3) is 2.73. The van der Waals surface area contributed by atoms with Gasteiger partial charge in [0.1, 0.15) is 0 Å². The second-order valence-electron chi connectivity index (χ2n) is 7.07. The molecule has 0 atom stereocenters. The standard InChI is InChI=1S/C20H26N2O4/c1-3-5-6-7-12-21-18(23)16-17(19(21)24)20(16,11-4-2)14-9-8-10-15(13-14)22(25)26/h8-10,13,23-24H,3-7,11-12H2,1-2H3. The maximum Gasteiger partial charge on any atom is 0.269 e. The molecule has 1 heterocycles. The van der Waals surface area contributed by atoms with Crippen molar-refractivity contribution < 1.29 is 15.1 Å². The summed E-state index contributed by atoms with van der Waals surface area (Å²) in [6.07, 6.45) is 5.77. The number of rotatable bonds is 9. The Balaban J connectivity index is 1.94. The van der Waals surface area contributed by atoms with Gasteiger partial charge < -0.3 is 10.2 Å². The number of benzene rings is 1. The number of aromatic hydroxyl groups is 2. The van der Waals surface area contributed by atoms with E-state index in [9.17, 15) is 20.3 Å². The third-order valence-electron chi connectivity index (χ3n) is 5.41. The maximum atomic E-state index is 11.1. The third-order valence-corrected chi connectivity index (χ3v) is 5.41. The summed E-state index contributed by atoms with van der Waals surface area (Å²) in [7, 11) is 0. The zero-order valence-electron chi connectivity index (χ0n) is 15.4. The van der Waals surface area contributed by atoms with Gasteiger partial charge in [-0.3, -0.25) is 14.7 Å². The lowest BCUT2D eigenvalue weighted by Gasteiger charge is -2.20. The molecule has 1 aromatic carbocycles. The SMILES string of the molecule is CCCCCCn1c(O)c2c(c1O)C2(CCC)c1cccc([N+](=O)[O-])c1. The van der Waals surface area contributed by atoms with Crippen LogP contribution in [0.15, 0.2) is 24.3 Å². The molecule has 0 fully saturated rings. The number of hydrogen-bond acceptors (Lipinski definition) is 4. The van der Waals surface area contributed by atoms with E-state index in [0.717, 1.165) is 48.8 Å². The molecule has 6 nitrogen and oxygen atoms in total. The number of aromatic nitrogens is 1. The molecule has 0 amide bonds. The Hall–Kier alpha value is -2.50. The Bertz CT molecular complexity index is 798. The van der Waals surface area contributed by atoms with Crippen LogP contribution in [-0.2, 0) is 12.0 Å². The van der Waals surface area contributed by atoms with E-state index in [0.29, 0.717) is 13.0 Å². The van der Waals surface area contributed by atoms with E-state index in [4.69, 9.17) is 0 Å². The number of non-ortho nitro benzene ring substituents is 1. The van der Waals surface area contributed by atoms with Crippen molar-refractivity contribution in [2.75, 3.05) is 0 Å². The molecule has 0 unspecified atom stereocenters. The van der Waals surface area contributed by atoms with Crippen molar-refractivity contribution in [3.63, 3.8) is 0 Å². The largest absolute Gasteiger partial charge is 0.494 e. The summed E-state index contributed by atoms with van der Waals surface area (Å²) < 4.78 is 1.57. The molecular weight excluding hydrogens is 332 g/mol. The van der Waals surface area contributed by atoms with Crippen molar-refractivity contribution in [2.45, 2.75) is 64.3 Å². The molecule has 0 bridgehead atoms. The highest BCUT2D eigenvalue weighted by atomic mass is 16.6. The lowest BCUT2D eigenvalue weighted by molar-refractivity contribution is -0.384. The van der Waals surface area contributed by atoms with Gasteiger partial charge in [-0.1, -0.05) is 51.7 Å². The van der Waals surface area contributed by atoms with Gasteiger partial charge in [-0.2, -0.15) is 0 Å². The zero-order valence-corrected chi connectivity index (χ0v) is 15.4. The summed E-state index contributed by atoms with van der Waals surface area (Å²) in [6.45, 7) is 4.76. The van der Waals surface area contributed by atoms with E-state index < -0.39 is 10.3 Å². The Labute approximate surface area is 153 Å². The lowest BCUT2D eigenvalue weighted by atomic mass is 9.86. The van der Waals surface area contributed by atoms with E-state index in [1.165, 1.54) is 6.07 Å². The maximum absolute atomic E-state index is 11.1. The predicted octanol–water partition coefficient (Wildman–Crippen LogP) is 4.84. The Morgan fingerprint density at radius 3 is 2.35 bits per heavy atom. The quantitative estimate of drug-likeness (QED) is 0.381. The molecule has 0 saturated carbocycles. The first kappa shape index (κ1) is 18.3. The number of fused-ring (bicyclic) bond motifs is 1. The van der Waals surface area contributed by atoms with Crippen LogP contribution in [0.4, 0.5) is 5.69 Å². The molecule has 0 radical (unpaired) electrons. The first-order chi connectivity index (χ1) is 12.5. The highest BCUT2D eigenvalue weighted by Crippen LogP contribution is 2.66.